The Bertz CT molecular complexity index is 666. The van der Waals surface area contributed by atoms with Gasteiger partial charge in [-0.3, -0.25) is 4.79 Å². The minimum Gasteiger partial charge on any atom is -0.455 e. The van der Waals surface area contributed by atoms with E-state index in [1.165, 1.54) is 12.8 Å². The molecule has 0 saturated heterocycles. The fourth-order valence-corrected chi connectivity index (χ4v) is 2.35. The highest BCUT2D eigenvalue weighted by atomic mass is 16.5. The molecule has 0 radical (unpaired) electrons. The number of anilines is 1. The largest absolute Gasteiger partial charge is 0.455 e. The van der Waals surface area contributed by atoms with Crippen molar-refractivity contribution in [3.8, 4) is 11.5 Å². The maximum atomic E-state index is 12.1. The van der Waals surface area contributed by atoms with Crippen LogP contribution in [-0.2, 0) is 4.79 Å². The Hall–Kier alpha value is -2.33. The topological polar surface area (TPSA) is 50.4 Å². The minimum absolute atomic E-state index is 0.0471. The van der Waals surface area contributed by atoms with Gasteiger partial charge in [-0.05, 0) is 62.1 Å². The van der Waals surface area contributed by atoms with Crippen LogP contribution >= 0.6 is 0 Å². The second-order valence-corrected chi connectivity index (χ2v) is 6.04. The molecule has 23 heavy (non-hydrogen) atoms. The first-order chi connectivity index (χ1) is 11.2. The van der Waals surface area contributed by atoms with Gasteiger partial charge < -0.3 is 15.4 Å². The number of rotatable bonds is 7. The number of aryl methyl sites for hydroxylation is 1. The van der Waals surface area contributed by atoms with E-state index >= 15 is 0 Å². The zero-order chi connectivity index (χ0) is 16.1. The van der Waals surface area contributed by atoms with Gasteiger partial charge in [0.25, 0.3) is 0 Å². The molecule has 1 aliphatic rings. The molecule has 1 aliphatic carbocycles. The van der Waals surface area contributed by atoms with Crippen molar-refractivity contribution in [2.24, 2.45) is 5.92 Å². The number of hydrogen-bond acceptors (Lipinski definition) is 3. The summed E-state index contributed by atoms with van der Waals surface area (Å²) in [6.07, 6.45) is 2.56. The number of carbonyl (C=O) groups excluding carboxylic acids is 1. The smallest absolute Gasteiger partial charge is 0.238 e. The predicted molar refractivity (Wildman–Crippen MR) is 91.9 cm³/mol. The second-order valence-electron chi connectivity index (χ2n) is 6.04. The molecular formula is C19H22N2O2. The first-order valence-electron chi connectivity index (χ1n) is 8.05. The van der Waals surface area contributed by atoms with Crippen LogP contribution in [0.4, 0.5) is 5.69 Å². The first kappa shape index (κ1) is 15.6. The number of nitrogens with one attached hydrogen (secondary N) is 2. The summed E-state index contributed by atoms with van der Waals surface area (Å²) in [5.74, 6) is 2.11. The quantitative estimate of drug-likeness (QED) is 0.819. The van der Waals surface area contributed by atoms with Gasteiger partial charge in [-0.2, -0.15) is 0 Å². The van der Waals surface area contributed by atoms with Gasteiger partial charge >= 0.3 is 0 Å². The number of amides is 1. The lowest BCUT2D eigenvalue weighted by molar-refractivity contribution is -0.115. The number of para-hydroxylation sites is 1. The van der Waals surface area contributed by atoms with Crippen molar-refractivity contribution in [3.63, 3.8) is 0 Å². The molecule has 0 aromatic heterocycles. The summed E-state index contributed by atoms with van der Waals surface area (Å²) >= 11 is 0. The van der Waals surface area contributed by atoms with E-state index in [9.17, 15) is 4.79 Å². The fraction of sp³-hybridized carbons (Fsp3) is 0.316. The van der Waals surface area contributed by atoms with Crippen molar-refractivity contribution in [2.75, 3.05) is 18.4 Å². The molecule has 1 fully saturated rings. The number of hydrogen-bond donors (Lipinski definition) is 2. The van der Waals surface area contributed by atoms with Crippen molar-refractivity contribution in [1.82, 2.24) is 5.32 Å². The number of carbonyl (C=O) groups is 1. The van der Waals surface area contributed by atoms with E-state index in [1.54, 1.807) is 0 Å². The summed E-state index contributed by atoms with van der Waals surface area (Å²) in [6, 6.07) is 15.3. The van der Waals surface area contributed by atoms with E-state index in [0.717, 1.165) is 23.8 Å². The second kappa shape index (κ2) is 7.29. The fourth-order valence-electron chi connectivity index (χ4n) is 2.35. The van der Waals surface area contributed by atoms with E-state index in [-0.39, 0.29) is 5.91 Å². The van der Waals surface area contributed by atoms with Gasteiger partial charge in [0, 0.05) is 0 Å². The average molecular weight is 310 g/mol. The highest BCUT2D eigenvalue weighted by Crippen LogP contribution is 2.30. The number of benzene rings is 2. The van der Waals surface area contributed by atoms with Crippen molar-refractivity contribution in [3.05, 3.63) is 54.1 Å². The molecule has 1 saturated carbocycles. The van der Waals surface area contributed by atoms with Gasteiger partial charge in [-0.15, -0.1) is 0 Å². The van der Waals surface area contributed by atoms with Crippen LogP contribution < -0.4 is 15.4 Å². The molecule has 0 aliphatic heterocycles. The maximum Gasteiger partial charge on any atom is 0.238 e. The zero-order valence-electron chi connectivity index (χ0n) is 13.3. The third-order valence-electron chi connectivity index (χ3n) is 3.80. The Kier molecular flexibility index (Phi) is 4.93. The third-order valence-corrected chi connectivity index (χ3v) is 3.80. The summed E-state index contributed by atoms with van der Waals surface area (Å²) in [7, 11) is 0. The summed E-state index contributed by atoms with van der Waals surface area (Å²) in [5.41, 5.74) is 1.78. The van der Waals surface area contributed by atoms with Gasteiger partial charge in [-0.1, -0.05) is 24.3 Å². The van der Waals surface area contributed by atoms with Crippen LogP contribution in [0.1, 0.15) is 18.4 Å². The van der Waals surface area contributed by atoms with Crippen LogP contribution in [0.5, 0.6) is 11.5 Å². The highest BCUT2D eigenvalue weighted by molar-refractivity contribution is 5.93. The van der Waals surface area contributed by atoms with Crippen LogP contribution in [0, 0.1) is 12.8 Å². The molecule has 3 rings (SSSR count). The lowest BCUT2D eigenvalue weighted by atomic mass is 10.2. The molecule has 4 heteroatoms. The molecule has 0 bridgehead atoms. The Morgan fingerprint density at radius 2 is 1.96 bits per heavy atom. The van der Waals surface area contributed by atoms with Crippen LogP contribution in [0.15, 0.2) is 48.5 Å². The molecule has 4 nitrogen and oxygen atoms in total. The summed E-state index contributed by atoms with van der Waals surface area (Å²) in [5, 5.41) is 6.14. The van der Waals surface area contributed by atoms with E-state index in [1.807, 2.05) is 55.5 Å². The molecule has 0 spiro atoms. The molecule has 120 valence electrons. The minimum atomic E-state index is -0.0471. The molecule has 2 aromatic rings. The van der Waals surface area contributed by atoms with Crippen molar-refractivity contribution in [2.45, 2.75) is 19.8 Å². The van der Waals surface area contributed by atoms with Gasteiger partial charge in [0.15, 0.2) is 5.75 Å². The van der Waals surface area contributed by atoms with Crippen molar-refractivity contribution >= 4 is 11.6 Å². The number of ether oxygens (including phenoxy) is 1. The normalized spacial score (nSPS) is 13.6. The molecule has 0 heterocycles. The van der Waals surface area contributed by atoms with Crippen LogP contribution in [0.3, 0.4) is 0 Å². The van der Waals surface area contributed by atoms with E-state index in [2.05, 4.69) is 10.6 Å². The molecular weight excluding hydrogens is 288 g/mol. The average Bonchev–Trinajstić information content (AvgIpc) is 3.35. The Labute approximate surface area is 136 Å². The Morgan fingerprint density at radius 1 is 1.17 bits per heavy atom. The summed E-state index contributed by atoms with van der Waals surface area (Å²) in [4.78, 5) is 12.1. The summed E-state index contributed by atoms with van der Waals surface area (Å²) < 4.78 is 5.88. The highest BCUT2D eigenvalue weighted by Gasteiger charge is 2.20. The lowest BCUT2D eigenvalue weighted by Gasteiger charge is -2.13. The zero-order valence-corrected chi connectivity index (χ0v) is 13.3. The van der Waals surface area contributed by atoms with Crippen LogP contribution in [0.25, 0.3) is 0 Å². The SMILES string of the molecule is Cc1ccc(Oc2ccccc2)c(NC(=O)CNCC2CC2)c1. The Balaban J connectivity index is 1.64. The molecule has 2 aromatic carbocycles. The Morgan fingerprint density at radius 3 is 2.70 bits per heavy atom. The van der Waals surface area contributed by atoms with E-state index < -0.39 is 0 Å². The van der Waals surface area contributed by atoms with Crippen molar-refractivity contribution in [1.29, 1.82) is 0 Å². The van der Waals surface area contributed by atoms with Crippen LogP contribution in [0.2, 0.25) is 0 Å². The van der Waals surface area contributed by atoms with E-state index in [4.69, 9.17) is 4.74 Å². The summed E-state index contributed by atoms with van der Waals surface area (Å²) in [6.45, 7) is 3.25. The molecule has 0 atom stereocenters. The predicted octanol–water partition coefficient (Wildman–Crippen LogP) is 3.73. The standard InChI is InChI=1S/C19H22N2O2/c1-14-7-10-18(23-16-5-3-2-4-6-16)17(11-14)21-19(22)13-20-12-15-8-9-15/h2-7,10-11,15,20H,8-9,12-13H2,1H3,(H,21,22). The molecule has 0 unspecified atom stereocenters. The van der Waals surface area contributed by atoms with Crippen LogP contribution in [-0.4, -0.2) is 19.0 Å². The van der Waals surface area contributed by atoms with Gasteiger partial charge in [-0.25, -0.2) is 0 Å². The monoisotopic (exact) mass is 310 g/mol. The third kappa shape index (κ3) is 4.83. The maximum absolute atomic E-state index is 12.1. The van der Waals surface area contributed by atoms with Gasteiger partial charge in [0.1, 0.15) is 5.75 Å². The first-order valence-corrected chi connectivity index (χ1v) is 8.05. The van der Waals surface area contributed by atoms with Gasteiger partial charge in [0.2, 0.25) is 5.91 Å². The van der Waals surface area contributed by atoms with Gasteiger partial charge in [0.05, 0.1) is 12.2 Å². The lowest BCUT2D eigenvalue weighted by Crippen LogP contribution is -2.29. The molecule has 1 amide bonds. The van der Waals surface area contributed by atoms with E-state index in [0.29, 0.717) is 18.0 Å². The molecule has 2 N–H and O–H groups in total. The van der Waals surface area contributed by atoms with Crippen molar-refractivity contribution < 1.29 is 9.53 Å².